The van der Waals surface area contributed by atoms with Gasteiger partial charge in [0.1, 0.15) is 24.0 Å². The second-order valence-corrected chi connectivity index (χ2v) is 5.47. The summed E-state index contributed by atoms with van der Waals surface area (Å²) < 4.78 is 5.39. The standard InChI is InChI=1S/C17H18N2O4/c20-17(21)10-22-16-3-1-2-13-8-12(5-7-15(13)16)4-6-14-9-23-19-11-18-14/h1-4,6,9,11-12H,5,7-8,10H2,(H,18,19)(H,20,21)/b6-4+. The van der Waals surface area contributed by atoms with Crippen molar-refractivity contribution in [1.82, 2.24) is 5.48 Å². The summed E-state index contributed by atoms with van der Waals surface area (Å²) in [5.74, 6) is 0.145. The summed E-state index contributed by atoms with van der Waals surface area (Å²) in [7, 11) is 0. The minimum Gasteiger partial charge on any atom is -0.482 e. The van der Waals surface area contributed by atoms with Gasteiger partial charge in [-0.15, -0.1) is 0 Å². The van der Waals surface area contributed by atoms with Gasteiger partial charge >= 0.3 is 5.97 Å². The summed E-state index contributed by atoms with van der Waals surface area (Å²) in [6, 6.07) is 5.83. The van der Waals surface area contributed by atoms with Crippen molar-refractivity contribution >= 4 is 12.3 Å². The molecule has 0 saturated heterocycles. The van der Waals surface area contributed by atoms with E-state index in [0.717, 1.165) is 30.5 Å². The lowest BCUT2D eigenvalue weighted by atomic mass is 9.83. The number of nitrogens with one attached hydrogen (secondary N) is 1. The molecular formula is C17H18N2O4. The lowest BCUT2D eigenvalue weighted by molar-refractivity contribution is -0.139. The molecule has 0 spiro atoms. The first-order valence-electron chi connectivity index (χ1n) is 7.50. The summed E-state index contributed by atoms with van der Waals surface area (Å²) in [4.78, 5) is 19.8. The first-order valence-corrected chi connectivity index (χ1v) is 7.50. The maximum atomic E-state index is 10.7. The zero-order chi connectivity index (χ0) is 16.1. The quantitative estimate of drug-likeness (QED) is 0.871. The highest BCUT2D eigenvalue weighted by molar-refractivity contribution is 5.68. The molecule has 6 heteroatoms. The number of aliphatic imine (C=N–C) groups is 1. The number of rotatable bonds is 5. The fraction of sp³-hybridized carbons (Fsp3) is 0.294. The third-order valence-electron chi connectivity index (χ3n) is 3.88. The monoisotopic (exact) mass is 314 g/mol. The Bertz CT molecular complexity index is 679. The van der Waals surface area contributed by atoms with E-state index in [1.807, 2.05) is 18.2 Å². The van der Waals surface area contributed by atoms with Crippen LogP contribution in [0.3, 0.4) is 0 Å². The van der Waals surface area contributed by atoms with Crippen molar-refractivity contribution in [1.29, 1.82) is 0 Å². The SMILES string of the molecule is O=C(O)COc1cccc2c1CCC(/C=C/C1=CONC=N1)C2. The highest BCUT2D eigenvalue weighted by Crippen LogP contribution is 2.33. The van der Waals surface area contributed by atoms with Crippen LogP contribution >= 0.6 is 0 Å². The Morgan fingerprint density at radius 3 is 3.22 bits per heavy atom. The van der Waals surface area contributed by atoms with Gasteiger partial charge < -0.3 is 14.7 Å². The van der Waals surface area contributed by atoms with E-state index in [4.69, 9.17) is 14.7 Å². The van der Waals surface area contributed by atoms with Crippen molar-refractivity contribution < 1.29 is 19.5 Å². The summed E-state index contributed by atoms with van der Waals surface area (Å²) in [5.41, 5.74) is 5.65. The number of carboxylic acids is 1. The van der Waals surface area contributed by atoms with Gasteiger partial charge in [0.15, 0.2) is 6.61 Å². The molecule has 2 aliphatic rings. The molecule has 6 nitrogen and oxygen atoms in total. The maximum Gasteiger partial charge on any atom is 0.341 e. The number of hydrogen-bond acceptors (Lipinski definition) is 5. The molecule has 0 bridgehead atoms. The van der Waals surface area contributed by atoms with Crippen LogP contribution in [0.25, 0.3) is 0 Å². The van der Waals surface area contributed by atoms with Crippen LogP contribution in [0, 0.1) is 5.92 Å². The molecule has 1 unspecified atom stereocenters. The van der Waals surface area contributed by atoms with Crippen molar-refractivity contribution in [3.05, 3.63) is 53.4 Å². The molecular weight excluding hydrogens is 296 g/mol. The van der Waals surface area contributed by atoms with E-state index < -0.39 is 5.97 Å². The number of ether oxygens (including phenoxy) is 1. The topological polar surface area (TPSA) is 80.2 Å². The number of aliphatic carboxylic acids is 1. The van der Waals surface area contributed by atoms with E-state index in [-0.39, 0.29) is 6.61 Å². The summed E-state index contributed by atoms with van der Waals surface area (Å²) >= 11 is 0. The Hall–Kier alpha value is -2.76. The molecule has 3 rings (SSSR count). The van der Waals surface area contributed by atoms with Gasteiger partial charge in [-0.25, -0.2) is 15.3 Å². The molecule has 1 aromatic rings. The molecule has 1 atom stereocenters. The third-order valence-corrected chi connectivity index (χ3v) is 3.88. The lowest BCUT2D eigenvalue weighted by Crippen LogP contribution is -2.16. The Balaban J connectivity index is 1.67. The first-order chi connectivity index (χ1) is 11.2. The number of hydroxylamine groups is 1. The van der Waals surface area contributed by atoms with E-state index in [9.17, 15) is 4.79 Å². The van der Waals surface area contributed by atoms with Crippen molar-refractivity contribution in [3.8, 4) is 5.75 Å². The molecule has 2 N–H and O–H groups in total. The zero-order valence-corrected chi connectivity index (χ0v) is 12.6. The van der Waals surface area contributed by atoms with Crippen LogP contribution in [0.4, 0.5) is 0 Å². The highest BCUT2D eigenvalue weighted by atomic mass is 16.6. The van der Waals surface area contributed by atoms with Gasteiger partial charge in [-0.2, -0.15) is 0 Å². The van der Waals surface area contributed by atoms with Gasteiger partial charge in [-0.1, -0.05) is 18.2 Å². The number of carbonyl (C=O) groups is 1. The molecule has 1 heterocycles. The smallest absolute Gasteiger partial charge is 0.341 e. The van der Waals surface area contributed by atoms with Crippen LogP contribution in [0.1, 0.15) is 17.5 Å². The van der Waals surface area contributed by atoms with Crippen LogP contribution in [0.5, 0.6) is 5.75 Å². The molecule has 120 valence electrons. The van der Waals surface area contributed by atoms with Crippen molar-refractivity contribution in [2.45, 2.75) is 19.3 Å². The summed E-state index contributed by atoms with van der Waals surface area (Å²) in [5, 5.41) is 8.75. The molecule has 1 aliphatic carbocycles. The maximum absolute atomic E-state index is 10.7. The molecule has 1 aromatic carbocycles. The summed E-state index contributed by atoms with van der Waals surface area (Å²) in [6.07, 6.45) is 9.94. The molecule has 0 aromatic heterocycles. The van der Waals surface area contributed by atoms with Crippen LogP contribution in [-0.4, -0.2) is 24.0 Å². The lowest BCUT2D eigenvalue weighted by Gasteiger charge is -2.24. The van der Waals surface area contributed by atoms with Gasteiger partial charge in [0.25, 0.3) is 0 Å². The predicted octanol–water partition coefficient (Wildman–Crippen LogP) is 2.22. The highest BCUT2D eigenvalue weighted by Gasteiger charge is 2.20. The molecule has 0 fully saturated rings. The molecule has 1 aliphatic heterocycles. The average Bonchev–Trinajstić information content (AvgIpc) is 2.58. The number of benzene rings is 1. The minimum atomic E-state index is -0.961. The van der Waals surface area contributed by atoms with E-state index >= 15 is 0 Å². The number of carboxylic acid groups (broad SMARTS) is 1. The number of hydrogen-bond donors (Lipinski definition) is 2. The fourth-order valence-electron chi connectivity index (χ4n) is 2.81. The van der Waals surface area contributed by atoms with Crippen LogP contribution in [0.15, 0.2) is 47.3 Å². The Labute approximate surface area is 134 Å². The predicted molar refractivity (Wildman–Crippen MR) is 85.0 cm³/mol. The fourth-order valence-corrected chi connectivity index (χ4v) is 2.81. The summed E-state index contributed by atoms with van der Waals surface area (Å²) in [6.45, 7) is -0.306. The number of fused-ring (bicyclic) bond motifs is 1. The van der Waals surface area contributed by atoms with Crippen LogP contribution < -0.4 is 10.2 Å². The van der Waals surface area contributed by atoms with Gasteiger partial charge in [0.2, 0.25) is 0 Å². The number of allylic oxidation sites excluding steroid dienone is 2. The number of nitrogens with zero attached hydrogens (tertiary/aromatic N) is 1. The normalized spacial score (nSPS) is 19.5. The Kier molecular flexibility index (Phi) is 4.61. The van der Waals surface area contributed by atoms with Gasteiger partial charge in [0.05, 0.1) is 0 Å². The first kappa shape index (κ1) is 15.1. The van der Waals surface area contributed by atoms with Gasteiger partial charge in [-0.3, -0.25) is 0 Å². The minimum absolute atomic E-state index is 0.306. The van der Waals surface area contributed by atoms with E-state index in [2.05, 4.69) is 22.6 Å². The van der Waals surface area contributed by atoms with E-state index in [1.54, 1.807) is 6.26 Å². The molecule has 0 radical (unpaired) electrons. The van der Waals surface area contributed by atoms with Crippen molar-refractivity contribution in [3.63, 3.8) is 0 Å². The third kappa shape index (κ3) is 3.91. The van der Waals surface area contributed by atoms with Crippen LogP contribution in [0.2, 0.25) is 0 Å². The zero-order valence-electron chi connectivity index (χ0n) is 12.6. The van der Waals surface area contributed by atoms with Crippen molar-refractivity contribution in [2.24, 2.45) is 10.9 Å². The molecule has 0 amide bonds. The largest absolute Gasteiger partial charge is 0.482 e. The van der Waals surface area contributed by atoms with Gasteiger partial charge in [-0.05, 0) is 48.4 Å². The van der Waals surface area contributed by atoms with Crippen LogP contribution in [-0.2, 0) is 22.5 Å². The Morgan fingerprint density at radius 1 is 1.52 bits per heavy atom. The van der Waals surface area contributed by atoms with Gasteiger partial charge in [0, 0.05) is 0 Å². The Morgan fingerprint density at radius 2 is 2.43 bits per heavy atom. The second kappa shape index (κ2) is 7.00. The average molecular weight is 314 g/mol. The van der Waals surface area contributed by atoms with E-state index in [1.165, 1.54) is 11.9 Å². The molecule has 23 heavy (non-hydrogen) atoms. The second-order valence-electron chi connectivity index (χ2n) is 5.47. The molecule has 0 saturated carbocycles. The van der Waals surface area contributed by atoms with Crippen molar-refractivity contribution in [2.75, 3.05) is 6.61 Å². The van der Waals surface area contributed by atoms with E-state index in [0.29, 0.717) is 11.7 Å².